The Bertz CT molecular complexity index is 1130. The zero-order valence-electron chi connectivity index (χ0n) is 17.7. The number of para-hydroxylation sites is 2. The molecule has 8 nitrogen and oxygen atoms in total. The molecular weight excluding hydrogens is 412 g/mol. The molecule has 3 aromatic carbocycles. The average Bonchev–Trinajstić information content (AvgIpc) is 2.82. The van der Waals surface area contributed by atoms with Gasteiger partial charge < -0.3 is 14.4 Å². The van der Waals surface area contributed by atoms with Gasteiger partial charge in [-0.3, -0.25) is 14.9 Å². The van der Waals surface area contributed by atoms with Gasteiger partial charge in [0.15, 0.2) is 0 Å². The number of nitro benzene ring substituents is 1. The molecule has 0 fully saturated rings. The first-order chi connectivity index (χ1) is 15.4. The van der Waals surface area contributed by atoms with Crippen molar-refractivity contribution in [2.24, 2.45) is 0 Å². The molecule has 0 saturated carbocycles. The average molecular weight is 434 g/mol. The third-order valence-corrected chi connectivity index (χ3v) is 4.93. The van der Waals surface area contributed by atoms with Crippen LogP contribution in [0.3, 0.4) is 0 Å². The number of benzene rings is 3. The fourth-order valence-electron chi connectivity index (χ4n) is 3.31. The molecule has 0 aliphatic heterocycles. The number of methoxy groups -OCH3 is 2. The van der Waals surface area contributed by atoms with Gasteiger partial charge in [0.1, 0.15) is 5.75 Å². The molecule has 32 heavy (non-hydrogen) atoms. The van der Waals surface area contributed by atoms with Crippen LogP contribution in [0.1, 0.15) is 21.5 Å². The number of ether oxygens (including phenoxy) is 2. The lowest BCUT2D eigenvalue weighted by Crippen LogP contribution is -2.33. The van der Waals surface area contributed by atoms with Crippen molar-refractivity contribution in [3.05, 3.63) is 99.6 Å². The normalized spacial score (nSPS) is 10.3. The van der Waals surface area contributed by atoms with E-state index in [9.17, 15) is 19.7 Å². The highest BCUT2D eigenvalue weighted by Gasteiger charge is 2.25. The van der Waals surface area contributed by atoms with Crippen LogP contribution in [0.4, 0.5) is 11.4 Å². The third-order valence-electron chi connectivity index (χ3n) is 4.93. The van der Waals surface area contributed by atoms with E-state index >= 15 is 0 Å². The predicted molar refractivity (Wildman–Crippen MR) is 119 cm³/mol. The standard InChI is InChI=1S/C24H22N2O6/c1-31-19-13-11-17(12-14-19)16-25(22-10-6-4-8-20(22)24(28)32-2)23(27)15-18-7-3-5-9-21(18)26(29)30/h3-14H,15-16H2,1-2H3. The Kier molecular flexibility index (Phi) is 7.17. The van der Waals surface area contributed by atoms with E-state index in [-0.39, 0.29) is 29.8 Å². The van der Waals surface area contributed by atoms with Gasteiger partial charge in [-0.05, 0) is 29.8 Å². The number of hydrogen-bond donors (Lipinski definition) is 0. The molecule has 3 aromatic rings. The SMILES string of the molecule is COC(=O)c1ccccc1N(Cc1ccc(OC)cc1)C(=O)Cc1ccccc1[N+](=O)[O-]. The van der Waals surface area contributed by atoms with Crippen LogP contribution in [-0.4, -0.2) is 31.0 Å². The van der Waals surface area contributed by atoms with E-state index in [0.717, 1.165) is 5.56 Å². The number of anilines is 1. The molecule has 164 valence electrons. The Morgan fingerprint density at radius 2 is 1.59 bits per heavy atom. The van der Waals surface area contributed by atoms with Crippen LogP contribution in [0.5, 0.6) is 5.75 Å². The number of rotatable bonds is 8. The molecule has 0 spiro atoms. The van der Waals surface area contributed by atoms with Crippen LogP contribution >= 0.6 is 0 Å². The lowest BCUT2D eigenvalue weighted by molar-refractivity contribution is -0.385. The van der Waals surface area contributed by atoms with Gasteiger partial charge in [-0.2, -0.15) is 0 Å². The van der Waals surface area contributed by atoms with Gasteiger partial charge >= 0.3 is 5.97 Å². The minimum Gasteiger partial charge on any atom is -0.497 e. The molecule has 0 N–H and O–H groups in total. The van der Waals surface area contributed by atoms with E-state index in [2.05, 4.69) is 0 Å². The zero-order valence-corrected chi connectivity index (χ0v) is 17.7. The Morgan fingerprint density at radius 1 is 0.938 bits per heavy atom. The summed E-state index contributed by atoms with van der Waals surface area (Å²) in [5.74, 6) is -0.313. The molecule has 0 unspecified atom stereocenters. The van der Waals surface area contributed by atoms with E-state index in [4.69, 9.17) is 9.47 Å². The van der Waals surface area contributed by atoms with Crippen molar-refractivity contribution in [2.45, 2.75) is 13.0 Å². The van der Waals surface area contributed by atoms with E-state index < -0.39 is 16.8 Å². The van der Waals surface area contributed by atoms with Crippen molar-refractivity contribution < 1.29 is 24.0 Å². The molecule has 0 bridgehead atoms. The maximum Gasteiger partial charge on any atom is 0.339 e. The van der Waals surface area contributed by atoms with Crippen LogP contribution in [-0.2, 0) is 22.5 Å². The smallest absolute Gasteiger partial charge is 0.339 e. The first-order valence-corrected chi connectivity index (χ1v) is 9.77. The summed E-state index contributed by atoms with van der Waals surface area (Å²) in [5, 5.41) is 11.4. The topological polar surface area (TPSA) is 99.0 Å². The Balaban J connectivity index is 2.01. The molecule has 3 rings (SSSR count). The summed E-state index contributed by atoms with van der Waals surface area (Å²) in [6, 6.07) is 19.9. The van der Waals surface area contributed by atoms with Crippen molar-refractivity contribution in [1.82, 2.24) is 0 Å². The summed E-state index contributed by atoms with van der Waals surface area (Å²) in [7, 11) is 2.83. The van der Waals surface area contributed by atoms with Gasteiger partial charge in [0, 0.05) is 11.6 Å². The molecule has 1 amide bonds. The van der Waals surface area contributed by atoms with E-state index in [1.807, 2.05) is 12.1 Å². The zero-order chi connectivity index (χ0) is 23.1. The lowest BCUT2D eigenvalue weighted by atomic mass is 10.1. The van der Waals surface area contributed by atoms with Crippen LogP contribution in [0, 0.1) is 10.1 Å². The minimum atomic E-state index is -0.584. The van der Waals surface area contributed by atoms with Crippen molar-refractivity contribution in [3.8, 4) is 5.75 Å². The van der Waals surface area contributed by atoms with Crippen LogP contribution in [0.2, 0.25) is 0 Å². The summed E-state index contributed by atoms with van der Waals surface area (Å²) >= 11 is 0. The number of esters is 1. The molecule has 0 saturated heterocycles. The molecule has 0 radical (unpaired) electrons. The fourth-order valence-corrected chi connectivity index (χ4v) is 3.31. The highest BCUT2D eigenvalue weighted by Crippen LogP contribution is 2.26. The predicted octanol–water partition coefficient (Wildman–Crippen LogP) is 4.17. The number of nitrogens with zero attached hydrogens (tertiary/aromatic N) is 2. The van der Waals surface area contributed by atoms with Crippen LogP contribution in [0.25, 0.3) is 0 Å². The first-order valence-electron chi connectivity index (χ1n) is 9.77. The maximum atomic E-state index is 13.4. The number of nitro groups is 1. The number of hydrogen-bond acceptors (Lipinski definition) is 6. The van der Waals surface area contributed by atoms with E-state index in [0.29, 0.717) is 11.4 Å². The summed E-state index contributed by atoms with van der Waals surface area (Å²) in [6.07, 6.45) is -0.206. The lowest BCUT2D eigenvalue weighted by Gasteiger charge is -2.25. The second-order valence-electron chi connectivity index (χ2n) is 6.90. The van der Waals surface area contributed by atoms with Gasteiger partial charge in [0.25, 0.3) is 5.69 Å². The Labute approximate surface area is 185 Å². The highest BCUT2D eigenvalue weighted by molar-refractivity contribution is 6.03. The van der Waals surface area contributed by atoms with Crippen LogP contribution in [0.15, 0.2) is 72.8 Å². The molecule has 8 heteroatoms. The Hall–Kier alpha value is -4.20. The number of carbonyl (C=O) groups is 2. The van der Waals surface area contributed by atoms with Gasteiger partial charge in [-0.1, -0.05) is 42.5 Å². The molecular formula is C24H22N2O6. The quantitative estimate of drug-likeness (QED) is 0.300. The third kappa shape index (κ3) is 5.10. The van der Waals surface area contributed by atoms with Gasteiger partial charge in [0.05, 0.1) is 43.4 Å². The van der Waals surface area contributed by atoms with Crippen molar-refractivity contribution in [3.63, 3.8) is 0 Å². The summed E-state index contributed by atoms with van der Waals surface area (Å²) in [6.45, 7) is 0.150. The van der Waals surface area contributed by atoms with E-state index in [1.165, 1.54) is 18.1 Å². The summed E-state index contributed by atoms with van der Waals surface area (Å²) in [5.41, 5.74) is 1.53. The highest BCUT2D eigenvalue weighted by atomic mass is 16.6. The number of carbonyl (C=O) groups excluding carboxylic acids is 2. The molecule has 0 heterocycles. The van der Waals surface area contributed by atoms with Gasteiger partial charge in [-0.25, -0.2) is 4.79 Å². The molecule has 0 aromatic heterocycles. The largest absolute Gasteiger partial charge is 0.497 e. The van der Waals surface area contributed by atoms with Crippen LogP contribution < -0.4 is 9.64 Å². The molecule has 0 atom stereocenters. The van der Waals surface area contributed by atoms with Gasteiger partial charge in [-0.15, -0.1) is 0 Å². The second-order valence-corrected chi connectivity index (χ2v) is 6.90. The first kappa shape index (κ1) is 22.5. The van der Waals surface area contributed by atoms with Crippen molar-refractivity contribution in [2.75, 3.05) is 19.1 Å². The van der Waals surface area contributed by atoms with E-state index in [1.54, 1.807) is 61.7 Å². The monoisotopic (exact) mass is 434 g/mol. The van der Waals surface area contributed by atoms with Crippen molar-refractivity contribution >= 4 is 23.3 Å². The van der Waals surface area contributed by atoms with Crippen molar-refractivity contribution in [1.29, 1.82) is 0 Å². The fraction of sp³-hybridized carbons (Fsp3) is 0.167. The number of amides is 1. The molecule has 0 aliphatic carbocycles. The Morgan fingerprint density at radius 3 is 2.25 bits per heavy atom. The molecule has 0 aliphatic rings. The van der Waals surface area contributed by atoms with Gasteiger partial charge in [0.2, 0.25) is 5.91 Å². The summed E-state index contributed by atoms with van der Waals surface area (Å²) in [4.78, 5) is 38.0. The maximum absolute atomic E-state index is 13.4. The minimum absolute atomic E-state index is 0.133. The second kappa shape index (κ2) is 10.2. The summed E-state index contributed by atoms with van der Waals surface area (Å²) < 4.78 is 10.1.